The van der Waals surface area contributed by atoms with E-state index in [1.165, 1.54) is 19.3 Å². The second-order valence-electron chi connectivity index (χ2n) is 12.1. The monoisotopic (exact) mass is 562 g/mol. The maximum Gasteiger partial charge on any atom is 0.338 e. The van der Waals surface area contributed by atoms with Crippen LogP contribution in [0.4, 0.5) is 0 Å². The number of hydrogen-bond donors (Lipinski definition) is 0. The van der Waals surface area contributed by atoms with Crippen molar-refractivity contribution in [3.63, 3.8) is 0 Å². The highest BCUT2D eigenvalue weighted by Gasteiger charge is 2.79. The quantitative estimate of drug-likeness (QED) is 0.250. The molecule has 1 spiro atoms. The number of rotatable bonds is 3. The molecule has 1 aliphatic heterocycles. The van der Waals surface area contributed by atoms with Crippen LogP contribution in [0.1, 0.15) is 82.5 Å². The van der Waals surface area contributed by atoms with Gasteiger partial charge in [0.1, 0.15) is 17.5 Å². The van der Waals surface area contributed by atoms with E-state index in [4.69, 9.17) is 9.47 Å². The summed E-state index contributed by atoms with van der Waals surface area (Å²) in [5, 5.41) is 0. The van der Waals surface area contributed by atoms with Gasteiger partial charge in [0, 0.05) is 14.9 Å². The van der Waals surface area contributed by atoms with Crippen molar-refractivity contribution in [2.24, 2.45) is 34.5 Å². The average Bonchev–Trinajstić information content (AvgIpc) is 3.38. The van der Waals surface area contributed by atoms with E-state index in [2.05, 4.69) is 36.4 Å². The summed E-state index contributed by atoms with van der Waals surface area (Å²) in [6.45, 7) is 6.66. The second kappa shape index (κ2) is 7.52. The molecule has 1 unspecified atom stereocenters. The molecule has 0 aromatic heterocycles. The number of ketones is 1. The molecule has 1 aromatic carbocycles. The number of carbonyl (C=O) groups excluding carboxylic acids is 2. The predicted molar refractivity (Wildman–Crippen MR) is 134 cm³/mol. The summed E-state index contributed by atoms with van der Waals surface area (Å²) in [4.78, 5) is 25.2. The summed E-state index contributed by atoms with van der Waals surface area (Å²) < 4.78 is 13.8. The van der Waals surface area contributed by atoms with Crippen LogP contribution in [0.3, 0.4) is 0 Å². The lowest BCUT2D eigenvalue weighted by Gasteiger charge is -2.59. The first-order chi connectivity index (χ1) is 15.7. The average molecular weight is 562 g/mol. The van der Waals surface area contributed by atoms with Crippen LogP contribution in [0.2, 0.25) is 0 Å². The smallest absolute Gasteiger partial charge is 0.338 e. The molecule has 5 aliphatic rings. The lowest BCUT2D eigenvalue weighted by atomic mass is 9.44. The van der Waals surface area contributed by atoms with Crippen molar-refractivity contribution in [3.05, 3.63) is 33.4 Å². The van der Waals surface area contributed by atoms with Crippen molar-refractivity contribution in [1.82, 2.24) is 0 Å². The van der Waals surface area contributed by atoms with Gasteiger partial charge >= 0.3 is 5.97 Å². The normalized spacial score (nSPS) is 47.5. The Morgan fingerprint density at radius 2 is 1.88 bits per heavy atom. The molecule has 178 valence electrons. The van der Waals surface area contributed by atoms with Crippen LogP contribution < -0.4 is 0 Å². The Kier molecular flexibility index (Phi) is 5.13. The van der Waals surface area contributed by atoms with Crippen molar-refractivity contribution < 1.29 is 19.1 Å². The van der Waals surface area contributed by atoms with Crippen molar-refractivity contribution in [3.8, 4) is 0 Å². The first-order valence-corrected chi connectivity index (χ1v) is 13.9. The zero-order chi connectivity index (χ0) is 23.2. The number of carbonyl (C=O) groups is 2. The van der Waals surface area contributed by atoms with Crippen LogP contribution in [-0.2, 0) is 14.3 Å². The molecular weight excluding hydrogens is 527 g/mol. The van der Waals surface area contributed by atoms with Gasteiger partial charge in [0.05, 0.1) is 11.7 Å². The summed E-state index contributed by atoms with van der Waals surface area (Å²) in [5.74, 6) is 2.13. The van der Waals surface area contributed by atoms with E-state index in [9.17, 15) is 9.59 Å². The highest BCUT2D eigenvalue weighted by Crippen LogP contribution is 2.76. The Hall–Kier alpha value is -0.950. The fourth-order valence-electron chi connectivity index (χ4n) is 9.28. The molecule has 1 heterocycles. The topological polar surface area (TPSA) is 55.9 Å². The van der Waals surface area contributed by atoms with Crippen LogP contribution in [-0.4, -0.2) is 29.6 Å². The van der Waals surface area contributed by atoms with E-state index in [0.29, 0.717) is 35.2 Å². The molecule has 0 amide bonds. The third-order valence-electron chi connectivity index (χ3n) is 10.8. The minimum atomic E-state index is -0.191. The minimum absolute atomic E-state index is 0.000947. The molecule has 4 aliphatic carbocycles. The number of fused-ring (bicyclic) bond motifs is 3. The van der Waals surface area contributed by atoms with Crippen LogP contribution in [0, 0.1) is 38.1 Å². The SMILES string of the molecule is CC(=O)[C@H]1CC[C@H]2C3CC[C@H]4C[C@H](OC(=O)c5cccc(I)c5)CC[C@]4(C)[C@@]34O[C@H]4C[C@]12C. The zero-order valence-electron chi connectivity index (χ0n) is 19.9. The van der Waals surface area contributed by atoms with Crippen molar-refractivity contribution in [2.45, 2.75) is 89.9 Å². The molecule has 9 atom stereocenters. The summed E-state index contributed by atoms with van der Waals surface area (Å²) >= 11 is 2.24. The van der Waals surface area contributed by atoms with Gasteiger partial charge in [-0.1, -0.05) is 19.9 Å². The Bertz CT molecular complexity index is 1010. The number of esters is 1. The Labute approximate surface area is 210 Å². The number of benzene rings is 1. The Morgan fingerprint density at radius 3 is 2.64 bits per heavy atom. The van der Waals surface area contributed by atoms with Crippen LogP contribution in [0.5, 0.6) is 0 Å². The van der Waals surface area contributed by atoms with Crippen LogP contribution >= 0.6 is 22.6 Å². The molecule has 0 radical (unpaired) electrons. The van der Waals surface area contributed by atoms with Crippen LogP contribution in [0.25, 0.3) is 0 Å². The Balaban J connectivity index is 1.20. The molecule has 1 aromatic rings. The summed E-state index contributed by atoms with van der Waals surface area (Å²) in [7, 11) is 0. The summed E-state index contributed by atoms with van der Waals surface area (Å²) in [6.07, 6.45) is 8.92. The second-order valence-corrected chi connectivity index (χ2v) is 13.3. The van der Waals surface area contributed by atoms with E-state index in [-0.39, 0.29) is 34.4 Å². The van der Waals surface area contributed by atoms with Crippen molar-refractivity contribution in [1.29, 1.82) is 0 Å². The van der Waals surface area contributed by atoms with Crippen molar-refractivity contribution >= 4 is 34.3 Å². The molecule has 0 N–H and O–H groups in total. The van der Waals surface area contributed by atoms with Gasteiger partial charge in [0.2, 0.25) is 0 Å². The fourth-order valence-corrected chi connectivity index (χ4v) is 9.82. The molecule has 1 saturated heterocycles. The van der Waals surface area contributed by atoms with E-state index >= 15 is 0 Å². The predicted octanol–water partition coefficient (Wildman–Crippen LogP) is 6.20. The van der Waals surface area contributed by atoms with Gasteiger partial charge in [-0.25, -0.2) is 4.79 Å². The van der Waals surface area contributed by atoms with Crippen LogP contribution in [0.15, 0.2) is 24.3 Å². The molecule has 4 saturated carbocycles. The third kappa shape index (κ3) is 3.09. The molecule has 6 rings (SSSR count). The number of Topliss-reactive ketones (excluding diaryl/α,β-unsaturated/α-hetero) is 1. The molecule has 33 heavy (non-hydrogen) atoms. The maximum absolute atomic E-state index is 12.8. The van der Waals surface area contributed by atoms with Gasteiger partial charge in [-0.05, 0) is 122 Å². The van der Waals surface area contributed by atoms with Gasteiger partial charge in [0.15, 0.2) is 0 Å². The molecular formula is C28H35IO4. The lowest BCUT2D eigenvalue weighted by Crippen LogP contribution is -2.60. The zero-order valence-corrected chi connectivity index (χ0v) is 22.1. The molecule has 5 fully saturated rings. The summed E-state index contributed by atoms with van der Waals surface area (Å²) in [5.41, 5.74) is 0.915. The van der Waals surface area contributed by atoms with E-state index in [1.54, 1.807) is 6.92 Å². The summed E-state index contributed by atoms with van der Waals surface area (Å²) in [6, 6.07) is 7.65. The Morgan fingerprint density at radius 1 is 1.09 bits per heavy atom. The molecule has 4 nitrogen and oxygen atoms in total. The third-order valence-corrected chi connectivity index (χ3v) is 11.5. The molecule has 5 heteroatoms. The number of halogens is 1. The maximum atomic E-state index is 12.8. The number of epoxide rings is 1. The minimum Gasteiger partial charge on any atom is -0.459 e. The number of ether oxygens (including phenoxy) is 2. The van der Waals surface area contributed by atoms with E-state index < -0.39 is 0 Å². The van der Waals surface area contributed by atoms with Gasteiger partial charge < -0.3 is 9.47 Å². The van der Waals surface area contributed by atoms with Gasteiger partial charge in [-0.15, -0.1) is 0 Å². The highest BCUT2D eigenvalue weighted by atomic mass is 127. The standard InChI is InChI=1S/C28H35IO4/c1-16(30)21-9-10-22-23-8-7-18-14-20(32-25(31)17-5-4-6-19(29)13-17)11-12-27(18,3)28(23)24(33-28)15-26(21,22)2/h4-6,13,18,20-24H,7-12,14-15H2,1-3H3/t18-,20+,21+,22-,23?,24-,26+,27-,28+/m0/s1. The largest absolute Gasteiger partial charge is 0.459 e. The van der Waals surface area contributed by atoms with Crippen molar-refractivity contribution in [2.75, 3.05) is 0 Å². The fraction of sp³-hybridized carbons (Fsp3) is 0.714. The number of hydrogen-bond acceptors (Lipinski definition) is 4. The van der Waals surface area contributed by atoms with E-state index in [1.807, 2.05) is 24.3 Å². The van der Waals surface area contributed by atoms with Gasteiger partial charge in [-0.2, -0.15) is 0 Å². The molecule has 0 bridgehead atoms. The first-order valence-electron chi connectivity index (χ1n) is 12.8. The van der Waals surface area contributed by atoms with Gasteiger partial charge in [-0.3, -0.25) is 4.79 Å². The van der Waals surface area contributed by atoms with E-state index in [0.717, 1.165) is 35.7 Å². The highest BCUT2D eigenvalue weighted by molar-refractivity contribution is 14.1. The lowest BCUT2D eigenvalue weighted by molar-refractivity contribution is -0.133. The first kappa shape index (κ1) is 22.5. The van der Waals surface area contributed by atoms with Gasteiger partial charge in [0.25, 0.3) is 0 Å².